The second-order valence-corrected chi connectivity index (χ2v) is 10.2. The molecule has 2 aromatic rings. The number of ketones is 1. The van der Waals surface area contributed by atoms with Crippen LogP contribution in [0.5, 0.6) is 0 Å². The van der Waals surface area contributed by atoms with Gasteiger partial charge in [0.2, 0.25) is 18.2 Å². The number of alkyl halides is 2. The first-order valence-corrected chi connectivity index (χ1v) is 12.7. The van der Waals surface area contributed by atoms with Gasteiger partial charge in [0, 0.05) is 24.9 Å². The zero-order valence-corrected chi connectivity index (χ0v) is 21.9. The van der Waals surface area contributed by atoms with Crippen LogP contribution in [0.25, 0.3) is 0 Å². The predicted octanol–water partition coefficient (Wildman–Crippen LogP) is 2.66. The number of halogens is 2. The van der Waals surface area contributed by atoms with E-state index in [-0.39, 0.29) is 30.7 Å². The van der Waals surface area contributed by atoms with Gasteiger partial charge in [-0.15, -0.1) is 0 Å². The molecule has 0 aliphatic carbocycles. The van der Waals surface area contributed by atoms with Gasteiger partial charge >= 0.3 is 11.9 Å². The first-order chi connectivity index (χ1) is 18.8. The second-order valence-electron chi connectivity index (χ2n) is 10.2. The SMILES string of the molecule is CC(C)C[C@H](NC(=O)[C@@]1(Cc2cccc(C(=O)O)c2)Cc2ccccc2N1)C(=O)N[C@@H](CC(F)F)C(=O)C(=O)O. The minimum absolute atomic E-state index is 0.0359. The van der Waals surface area contributed by atoms with Gasteiger partial charge in [-0.1, -0.05) is 44.2 Å². The highest BCUT2D eigenvalue weighted by Gasteiger charge is 2.45. The summed E-state index contributed by atoms with van der Waals surface area (Å²) in [6.45, 7) is 3.53. The Bertz CT molecular complexity index is 1270. The van der Waals surface area contributed by atoms with Crippen LogP contribution in [0.3, 0.4) is 0 Å². The Morgan fingerprint density at radius 1 is 0.950 bits per heavy atom. The third-order valence-corrected chi connectivity index (χ3v) is 6.58. The maximum atomic E-state index is 13.9. The molecule has 2 aromatic carbocycles. The van der Waals surface area contributed by atoms with Gasteiger partial charge in [-0.25, -0.2) is 18.4 Å². The van der Waals surface area contributed by atoms with Crippen LogP contribution in [-0.2, 0) is 32.0 Å². The van der Waals surface area contributed by atoms with Crippen LogP contribution >= 0.6 is 0 Å². The fraction of sp³-hybridized carbons (Fsp3) is 0.393. The number of fused-ring (bicyclic) bond motifs is 1. The number of amides is 2. The van der Waals surface area contributed by atoms with Crippen LogP contribution in [0.4, 0.5) is 14.5 Å². The number of Topliss-reactive ketones (excluding diaryl/α,β-unsaturated/α-hetero) is 1. The summed E-state index contributed by atoms with van der Waals surface area (Å²) in [4.78, 5) is 61.7. The number of aliphatic carboxylic acids is 1. The highest BCUT2D eigenvalue weighted by Crippen LogP contribution is 2.35. The molecule has 1 aliphatic heterocycles. The van der Waals surface area contributed by atoms with Crippen molar-refractivity contribution in [2.24, 2.45) is 5.92 Å². The number of para-hydroxylation sites is 1. The second kappa shape index (κ2) is 12.7. The Hall–Kier alpha value is -4.35. The average Bonchev–Trinajstić information content (AvgIpc) is 3.26. The molecular formula is C28H31F2N3O7. The van der Waals surface area contributed by atoms with E-state index in [0.717, 1.165) is 5.56 Å². The molecule has 0 unspecified atom stereocenters. The zero-order valence-electron chi connectivity index (χ0n) is 21.9. The number of rotatable bonds is 13. The van der Waals surface area contributed by atoms with Crippen LogP contribution in [0.2, 0.25) is 0 Å². The molecular weight excluding hydrogens is 528 g/mol. The van der Waals surface area contributed by atoms with Gasteiger partial charge in [0.25, 0.3) is 5.78 Å². The third kappa shape index (κ3) is 7.39. The molecule has 214 valence electrons. The standard InChI is InChI=1S/C28H31F2N3O7/c1-15(2)10-21(24(35)31-20(12-22(29)30)23(34)26(38)39)32-27(40)28(14-18-7-3-4-9-19(18)33-28)13-16-6-5-8-17(11-16)25(36)37/h3-9,11,15,20-22,33H,10,12-14H2,1-2H3,(H,31,35)(H,32,40)(H,36,37)(H,38,39)/t20-,21-,28+/m0/s1. The molecule has 40 heavy (non-hydrogen) atoms. The predicted molar refractivity (Wildman–Crippen MR) is 140 cm³/mol. The lowest BCUT2D eigenvalue weighted by Crippen LogP contribution is -2.60. The van der Waals surface area contributed by atoms with Crippen molar-refractivity contribution in [3.63, 3.8) is 0 Å². The van der Waals surface area contributed by atoms with Crippen molar-refractivity contribution in [2.45, 2.75) is 63.6 Å². The molecule has 0 spiro atoms. The average molecular weight is 560 g/mol. The Labute approximate surface area is 229 Å². The molecule has 0 aromatic heterocycles. The van der Waals surface area contributed by atoms with Crippen molar-refractivity contribution in [3.05, 3.63) is 65.2 Å². The lowest BCUT2D eigenvalue weighted by atomic mass is 9.86. The van der Waals surface area contributed by atoms with Crippen LogP contribution < -0.4 is 16.0 Å². The number of carboxylic acids is 2. The third-order valence-electron chi connectivity index (χ3n) is 6.58. The molecule has 12 heteroatoms. The molecule has 1 aliphatic rings. The molecule has 1 heterocycles. The monoisotopic (exact) mass is 559 g/mol. The first-order valence-electron chi connectivity index (χ1n) is 12.7. The number of anilines is 1. The minimum Gasteiger partial charge on any atom is -0.478 e. The number of hydrogen-bond donors (Lipinski definition) is 5. The van der Waals surface area contributed by atoms with Crippen LogP contribution in [0, 0.1) is 5.92 Å². The Morgan fingerprint density at radius 2 is 1.65 bits per heavy atom. The Kier molecular flexibility index (Phi) is 9.56. The zero-order chi connectivity index (χ0) is 29.6. The molecule has 0 fully saturated rings. The summed E-state index contributed by atoms with van der Waals surface area (Å²) >= 11 is 0. The lowest BCUT2D eigenvalue weighted by Gasteiger charge is -2.32. The normalized spacial score (nSPS) is 17.4. The van der Waals surface area contributed by atoms with Gasteiger partial charge in [0.15, 0.2) is 0 Å². The van der Waals surface area contributed by atoms with E-state index in [2.05, 4.69) is 16.0 Å². The summed E-state index contributed by atoms with van der Waals surface area (Å²) < 4.78 is 26.1. The van der Waals surface area contributed by atoms with Crippen molar-refractivity contribution in [1.29, 1.82) is 0 Å². The van der Waals surface area contributed by atoms with Crippen LogP contribution in [-0.4, -0.2) is 63.8 Å². The van der Waals surface area contributed by atoms with Crippen molar-refractivity contribution < 1.29 is 43.0 Å². The van der Waals surface area contributed by atoms with Crippen LogP contribution in [0.1, 0.15) is 48.2 Å². The molecule has 2 amide bonds. The number of benzene rings is 2. The molecule has 3 atom stereocenters. The fourth-order valence-electron chi connectivity index (χ4n) is 4.74. The van der Waals surface area contributed by atoms with E-state index in [1.54, 1.807) is 44.2 Å². The van der Waals surface area contributed by atoms with Gasteiger partial charge < -0.3 is 26.2 Å². The van der Waals surface area contributed by atoms with Gasteiger partial charge in [-0.3, -0.25) is 14.4 Å². The number of hydrogen-bond acceptors (Lipinski definition) is 6. The molecule has 0 radical (unpaired) electrons. The Morgan fingerprint density at radius 3 is 2.25 bits per heavy atom. The highest BCUT2D eigenvalue weighted by molar-refractivity contribution is 6.35. The lowest BCUT2D eigenvalue weighted by molar-refractivity contribution is -0.151. The van der Waals surface area contributed by atoms with E-state index >= 15 is 0 Å². The van der Waals surface area contributed by atoms with Crippen molar-refractivity contribution in [2.75, 3.05) is 5.32 Å². The van der Waals surface area contributed by atoms with Crippen molar-refractivity contribution in [3.8, 4) is 0 Å². The highest BCUT2D eigenvalue weighted by atomic mass is 19.3. The molecule has 3 rings (SSSR count). The number of aromatic carboxylic acids is 1. The molecule has 0 bridgehead atoms. The van der Waals surface area contributed by atoms with Gasteiger partial charge in [0.1, 0.15) is 17.6 Å². The number of carboxylic acid groups (broad SMARTS) is 2. The number of nitrogens with one attached hydrogen (secondary N) is 3. The van der Waals surface area contributed by atoms with Gasteiger partial charge in [-0.2, -0.15) is 0 Å². The molecule has 10 nitrogen and oxygen atoms in total. The minimum atomic E-state index is -3.06. The van der Waals surface area contributed by atoms with E-state index < -0.39 is 60.0 Å². The van der Waals surface area contributed by atoms with Gasteiger partial charge in [0.05, 0.1) is 5.56 Å². The summed E-state index contributed by atoms with van der Waals surface area (Å²) in [7, 11) is 0. The quantitative estimate of drug-likeness (QED) is 0.234. The fourth-order valence-corrected chi connectivity index (χ4v) is 4.74. The Balaban J connectivity index is 1.91. The summed E-state index contributed by atoms with van der Waals surface area (Å²) in [5.74, 6) is -6.43. The maximum absolute atomic E-state index is 13.9. The van der Waals surface area contributed by atoms with E-state index in [1.165, 1.54) is 12.1 Å². The summed E-state index contributed by atoms with van der Waals surface area (Å²) in [5.41, 5.74) is 0.746. The maximum Gasteiger partial charge on any atom is 0.374 e. The number of carbonyl (C=O) groups is 5. The topological polar surface area (TPSA) is 162 Å². The smallest absolute Gasteiger partial charge is 0.374 e. The van der Waals surface area contributed by atoms with E-state index in [9.17, 15) is 37.9 Å². The van der Waals surface area contributed by atoms with Crippen molar-refractivity contribution in [1.82, 2.24) is 10.6 Å². The van der Waals surface area contributed by atoms with Gasteiger partial charge in [-0.05, 0) is 41.7 Å². The van der Waals surface area contributed by atoms with Crippen LogP contribution in [0.15, 0.2) is 48.5 Å². The molecule has 0 saturated carbocycles. The first kappa shape index (κ1) is 30.2. The van der Waals surface area contributed by atoms with Crippen molar-refractivity contribution >= 4 is 35.2 Å². The number of carbonyl (C=O) groups excluding carboxylic acids is 3. The summed E-state index contributed by atoms with van der Waals surface area (Å²) in [5, 5.41) is 26.4. The molecule has 0 saturated heterocycles. The summed E-state index contributed by atoms with van der Waals surface area (Å²) in [6.07, 6.45) is -3.93. The largest absolute Gasteiger partial charge is 0.478 e. The summed E-state index contributed by atoms with van der Waals surface area (Å²) in [6, 6.07) is 10.1. The van der Waals surface area contributed by atoms with E-state index in [0.29, 0.717) is 11.3 Å². The van der Waals surface area contributed by atoms with E-state index in [1.807, 2.05) is 6.07 Å². The molecule has 5 N–H and O–H groups in total. The van der Waals surface area contributed by atoms with E-state index in [4.69, 9.17) is 5.11 Å².